The molecule has 14 heavy (non-hydrogen) atoms. The Morgan fingerprint density at radius 2 is 2.36 bits per heavy atom. The Labute approximate surface area is 83.8 Å². The molecule has 3 nitrogen and oxygen atoms in total. The van der Waals surface area contributed by atoms with Crippen LogP contribution in [-0.4, -0.2) is 10.8 Å². The number of carbonyl (C=O) groups excluding carboxylic acids is 1. The maximum atomic E-state index is 11.1. The molecule has 0 saturated heterocycles. The molecule has 0 aliphatic rings. The van der Waals surface area contributed by atoms with E-state index in [9.17, 15) is 4.79 Å². The van der Waals surface area contributed by atoms with Crippen molar-refractivity contribution in [3.63, 3.8) is 0 Å². The first-order chi connectivity index (χ1) is 6.63. The van der Waals surface area contributed by atoms with Gasteiger partial charge < -0.3 is 10.6 Å². The van der Waals surface area contributed by atoms with Crippen LogP contribution in [0.1, 0.15) is 12.5 Å². The monoisotopic (exact) mass is 190 g/mol. The molecule has 74 valence electrons. The summed E-state index contributed by atoms with van der Waals surface area (Å²) in [6, 6.07) is 7.46. The molecule has 0 radical (unpaired) electrons. The van der Waals surface area contributed by atoms with Gasteiger partial charge in [0.05, 0.1) is 6.54 Å². The van der Waals surface area contributed by atoms with Gasteiger partial charge in [0.1, 0.15) is 0 Å². The van der Waals surface area contributed by atoms with Crippen LogP contribution in [0.3, 0.4) is 0 Å². The van der Waals surface area contributed by atoms with Crippen LogP contribution < -0.4 is 5.73 Å². The molecule has 0 bridgehead atoms. The largest absolute Gasteiger partial charge is 0.399 e. The van der Waals surface area contributed by atoms with Crippen LogP contribution in [0, 0.1) is 0 Å². The topological polar surface area (TPSA) is 46.3 Å². The standard InChI is InChI=1S/C11H14N2O/c1-3-13(9(2)14)8-10-5-4-6-11(12)7-10/h3-7H,1,8,12H2,2H3. The van der Waals surface area contributed by atoms with Crippen LogP contribution in [0.25, 0.3) is 0 Å². The predicted molar refractivity (Wildman–Crippen MR) is 57.3 cm³/mol. The molecule has 0 aromatic heterocycles. The Morgan fingerprint density at radius 3 is 2.86 bits per heavy atom. The summed E-state index contributed by atoms with van der Waals surface area (Å²) in [4.78, 5) is 12.6. The first kappa shape index (κ1) is 10.3. The molecule has 0 unspecified atom stereocenters. The van der Waals surface area contributed by atoms with Gasteiger partial charge in [-0.25, -0.2) is 0 Å². The molecule has 2 N–H and O–H groups in total. The van der Waals surface area contributed by atoms with E-state index in [1.807, 2.05) is 24.3 Å². The quantitative estimate of drug-likeness (QED) is 0.738. The molecule has 1 aromatic carbocycles. The lowest BCUT2D eigenvalue weighted by molar-refractivity contribution is -0.126. The van der Waals surface area contributed by atoms with E-state index in [2.05, 4.69) is 6.58 Å². The lowest BCUT2D eigenvalue weighted by Gasteiger charge is -2.15. The maximum Gasteiger partial charge on any atom is 0.223 e. The van der Waals surface area contributed by atoms with E-state index in [0.717, 1.165) is 5.56 Å². The van der Waals surface area contributed by atoms with Crippen molar-refractivity contribution in [1.82, 2.24) is 4.90 Å². The molecule has 0 fully saturated rings. The van der Waals surface area contributed by atoms with Crippen molar-refractivity contribution in [3.8, 4) is 0 Å². The average molecular weight is 190 g/mol. The lowest BCUT2D eigenvalue weighted by atomic mass is 10.2. The van der Waals surface area contributed by atoms with Gasteiger partial charge in [-0.05, 0) is 23.9 Å². The second kappa shape index (κ2) is 4.46. The normalized spacial score (nSPS) is 9.50. The molecule has 0 heterocycles. The number of nitrogen functional groups attached to an aromatic ring is 1. The van der Waals surface area contributed by atoms with Gasteiger partial charge in [0.2, 0.25) is 5.91 Å². The van der Waals surface area contributed by atoms with Gasteiger partial charge in [-0.2, -0.15) is 0 Å². The molecule has 1 aromatic rings. The number of amides is 1. The highest BCUT2D eigenvalue weighted by atomic mass is 16.2. The molecule has 0 spiro atoms. The summed E-state index contributed by atoms with van der Waals surface area (Å²) < 4.78 is 0. The van der Waals surface area contributed by atoms with Crippen molar-refractivity contribution in [2.24, 2.45) is 0 Å². The first-order valence-corrected chi connectivity index (χ1v) is 4.37. The number of carbonyl (C=O) groups is 1. The molecule has 1 amide bonds. The number of rotatable bonds is 3. The highest BCUT2D eigenvalue weighted by Gasteiger charge is 2.04. The number of hydrogen-bond donors (Lipinski definition) is 1. The summed E-state index contributed by atoms with van der Waals surface area (Å²) in [5, 5.41) is 0. The van der Waals surface area contributed by atoms with E-state index in [-0.39, 0.29) is 5.91 Å². The van der Waals surface area contributed by atoms with Crippen molar-refractivity contribution >= 4 is 11.6 Å². The zero-order chi connectivity index (χ0) is 10.6. The van der Waals surface area contributed by atoms with Crippen LogP contribution in [-0.2, 0) is 11.3 Å². The van der Waals surface area contributed by atoms with Crippen LogP contribution in [0.5, 0.6) is 0 Å². The van der Waals surface area contributed by atoms with Gasteiger partial charge in [0, 0.05) is 12.6 Å². The molecule has 0 aliphatic heterocycles. The van der Waals surface area contributed by atoms with Crippen molar-refractivity contribution in [2.75, 3.05) is 5.73 Å². The summed E-state index contributed by atoms with van der Waals surface area (Å²) in [6.45, 7) is 5.60. The minimum atomic E-state index is -0.0255. The minimum Gasteiger partial charge on any atom is -0.399 e. The molecular formula is C11H14N2O. The third-order valence-corrected chi connectivity index (χ3v) is 1.93. The zero-order valence-corrected chi connectivity index (χ0v) is 8.23. The van der Waals surface area contributed by atoms with E-state index in [0.29, 0.717) is 12.2 Å². The van der Waals surface area contributed by atoms with Crippen molar-refractivity contribution < 1.29 is 4.79 Å². The number of anilines is 1. The van der Waals surface area contributed by atoms with Gasteiger partial charge in [-0.15, -0.1) is 0 Å². The van der Waals surface area contributed by atoms with E-state index in [4.69, 9.17) is 5.73 Å². The molecule has 0 saturated carbocycles. The summed E-state index contributed by atoms with van der Waals surface area (Å²) in [7, 11) is 0. The van der Waals surface area contributed by atoms with Gasteiger partial charge >= 0.3 is 0 Å². The van der Waals surface area contributed by atoms with Crippen LogP contribution in [0.15, 0.2) is 37.0 Å². The lowest BCUT2D eigenvalue weighted by Crippen LogP contribution is -2.21. The SMILES string of the molecule is C=CN(Cc1cccc(N)c1)C(C)=O. The fraction of sp³-hybridized carbons (Fsp3) is 0.182. The minimum absolute atomic E-state index is 0.0255. The van der Waals surface area contributed by atoms with Crippen LogP contribution >= 0.6 is 0 Å². The Morgan fingerprint density at radius 1 is 1.64 bits per heavy atom. The second-order valence-corrected chi connectivity index (χ2v) is 3.07. The first-order valence-electron chi connectivity index (χ1n) is 4.37. The number of nitrogens with zero attached hydrogens (tertiary/aromatic N) is 1. The zero-order valence-electron chi connectivity index (χ0n) is 8.23. The molecule has 0 atom stereocenters. The fourth-order valence-corrected chi connectivity index (χ4v) is 1.19. The number of benzene rings is 1. The maximum absolute atomic E-state index is 11.1. The Balaban J connectivity index is 2.76. The van der Waals surface area contributed by atoms with Gasteiger partial charge in [-0.1, -0.05) is 18.7 Å². The van der Waals surface area contributed by atoms with Crippen molar-refractivity contribution in [3.05, 3.63) is 42.6 Å². The third kappa shape index (κ3) is 2.62. The second-order valence-electron chi connectivity index (χ2n) is 3.07. The fourth-order valence-electron chi connectivity index (χ4n) is 1.19. The highest BCUT2D eigenvalue weighted by Crippen LogP contribution is 2.09. The van der Waals surface area contributed by atoms with Crippen molar-refractivity contribution in [1.29, 1.82) is 0 Å². The summed E-state index contributed by atoms with van der Waals surface area (Å²) >= 11 is 0. The smallest absolute Gasteiger partial charge is 0.223 e. The van der Waals surface area contributed by atoms with Crippen LogP contribution in [0.2, 0.25) is 0 Å². The molecule has 0 aliphatic carbocycles. The van der Waals surface area contributed by atoms with E-state index >= 15 is 0 Å². The Kier molecular flexibility index (Phi) is 3.29. The summed E-state index contributed by atoms with van der Waals surface area (Å²) in [6.07, 6.45) is 1.52. The van der Waals surface area contributed by atoms with Gasteiger partial charge in [-0.3, -0.25) is 4.79 Å². The third-order valence-electron chi connectivity index (χ3n) is 1.93. The highest BCUT2D eigenvalue weighted by molar-refractivity contribution is 5.74. The molecular weight excluding hydrogens is 176 g/mol. The summed E-state index contributed by atoms with van der Waals surface area (Å²) in [5.41, 5.74) is 7.33. The van der Waals surface area contributed by atoms with Crippen LogP contribution in [0.4, 0.5) is 5.69 Å². The number of nitrogens with two attached hydrogens (primary N) is 1. The summed E-state index contributed by atoms with van der Waals surface area (Å²) in [5.74, 6) is -0.0255. The Bertz CT molecular complexity index is 347. The van der Waals surface area contributed by atoms with Crippen molar-refractivity contribution in [2.45, 2.75) is 13.5 Å². The van der Waals surface area contributed by atoms with E-state index < -0.39 is 0 Å². The number of hydrogen-bond acceptors (Lipinski definition) is 2. The molecule has 3 heteroatoms. The Hall–Kier alpha value is -1.77. The predicted octanol–water partition coefficient (Wildman–Crippen LogP) is 1.76. The van der Waals surface area contributed by atoms with E-state index in [1.54, 1.807) is 0 Å². The van der Waals surface area contributed by atoms with E-state index in [1.165, 1.54) is 18.0 Å². The molecule has 1 rings (SSSR count). The average Bonchev–Trinajstić information content (AvgIpc) is 2.14. The van der Waals surface area contributed by atoms with Gasteiger partial charge in [0.15, 0.2) is 0 Å². The van der Waals surface area contributed by atoms with Gasteiger partial charge in [0.25, 0.3) is 0 Å².